The number of nitro groups is 1. The lowest BCUT2D eigenvalue weighted by Gasteiger charge is -2.23. The number of rotatable bonds is 9. The summed E-state index contributed by atoms with van der Waals surface area (Å²) >= 11 is 0. The normalized spacial score (nSPS) is 11.0. The van der Waals surface area contributed by atoms with Gasteiger partial charge in [-0.05, 0) is 37.3 Å². The van der Waals surface area contributed by atoms with Crippen LogP contribution in [0.15, 0.2) is 77.7 Å². The van der Waals surface area contributed by atoms with Crippen LogP contribution < -0.4 is 14.4 Å². The van der Waals surface area contributed by atoms with Crippen LogP contribution in [0.2, 0.25) is 0 Å². The van der Waals surface area contributed by atoms with Gasteiger partial charge in [-0.2, -0.15) is 0 Å². The molecule has 0 radical (unpaired) electrons. The Morgan fingerprint density at radius 2 is 1.71 bits per heavy atom. The first-order valence-electron chi connectivity index (χ1n) is 9.60. The maximum absolute atomic E-state index is 13.2. The third-order valence-electron chi connectivity index (χ3n) is 4.75. The van der Waals surface area contributed by atoms with Gasteiger partial charge in [0.05, 0.1) is 22.6 Å². The molecule has 0 aliphatic rings. The highest BCUT2D eigenvalue weighted by molar-refractivity contribution is 7.92. The molecule has 0 atom stereocenters. The molecule has 0 fully saturated rings. The van der Waals surface area contributed by atoms with Gasteiger partial charge in [0.15, 0.2) is 0 Å². The number of hydrogen-bond donors (Lipinski definition) is 1. The van der Waals surface area contributed by atoms with E-state index in [9.17, 15) is 18.5 Å². The zero-order valence-electron chi connectivity index (χ0n) is 17.2. The molecule has 0 saturated heterocycles. The predicted molar refractivity (Wildman–Crippen MR) is 120 cm³/mol. The SMILES string of the molecule is CCN(c1ccccc1)S(=O)(=O)c1ccc(NCc2ccccc2OC)c([N+](=O)[O-])c1. The smallest absolute Gasteiger partial charge is 0.293 e. The fourth-order valence-electron chi connectivity index (χ4n) is 3.22. The molecule has 3 aromatic carbocycles. The van der Waals surface area contributed by atoms with Crippen molar-refractivity contribution < 1.29 is 18.1 Å². The minimum atomic E-state index is -3.97. The molecule has 3 rings (SSSR count). The summed E-state index contributed by atoms with van der Waals surface area (Å²) in [5, 5.41) is 14.7. The fraction of sp³-hybridized carbons (Fsp3) is 0.182. The van der Waals surface area contributed by atoms with Gasteiger partial charge in [-0.15, -0.1) is 0 Å². The third kappa shape index (κ3) is 4.77. The van der Waals surface area contributed by atoms with Gasteiger partial charge >= 0.3 is 0 Å². The van der Waals surface area contributed by atoms with E-state index in [1.54, 1.807) is 50.4 Å². The van der Waals surface area contributed by atoms with E-state index >= 15 is 0 Å². The molecule has 0 spiro atoms. The number of hydrogen-bond acceptors (Lipinski definition) is 6. The highest BCUT2D eigenvalue weighted by Gasteiger charge is 2.27. The van der Waals surface area contributed by atoms with Gasteiger partial charge in [0.25, 0.3) is 15.7 Å². The number of anilines is 2. The van der Waals surface area contributed by atoms with Crippen LogP contribution in [0.3, 0.4) is 0 Å². The van der Waals surface area contributed by atoms with Crippen molar-refractivity contribution in [2.75, 3.05) is 23.3 Å². The Morgan fingerprint density at radius 1 is 1.03 bits per heavy atom. The highest BCUT2D eigenvalue weighted by Crippen LogP contribution is 2.31. The van der Waals surface area contributed by atoms with Gasteiger partial charge < -0.3 is 10.1 Å². The van der Waals surface area contributed by atoms with Crippen LogP contribution in [0, 0.1) is 10.1 Å². The van der Waals surface area contributed by atoms with Crippen molar-refractivity contribution in [3.63, 3.8) is 0 Å². The second-order valence-corrected chi connectivity index (χ2v) is 8.47. The molecule has 0 bridgehead atoms. The quantitative estimate of drug-likeness (QED) is 0.389. The van der Waals surface area contributed by atoms with E-state index in [2.05, 4.69) is 5.32 Å². The summed E-state index contributed by atoms with van der Waals surface area (Å²) in [5.74, 6) is 0.651. The lowest BCUT2D eigenvalue weighted by molar-refractivity contribution is -0.384. The summed E-state index contributed by atoms with van der Waals surface area (Å²) in [5.41, 5.74) is 1.21. The number of sulfonamides is 1. The molecular weight excluding hydrogens is 418 g/mol. The average Bonchev–Trinajstić information content (AvgIpc) is 2.78. The van der Waals surface area contributed by atoms with E-state index in [1.807, 2.05) is 18.2 Å². The molecule has 162 valence electrons. The van der Waals surface area contributed by atoms with E-state index < -0.39 is 14.9 Å². The molecule has 0 aliphatic heterocycles. The summed E-state index contributed by atoms with van der Waals surface area (Å²) in [7, 11) is -2.42. The van der Waals surface area contributed by atoms with Crippen LogP contribution in [0.4, 0.5) is 17.1 Å². The molecule has 1 N–H and O–H groups in total. The van der Waals surface area contributed by atoms with Gasteiger partial charge in [-0.1, -0.05) is 36.4 Å². The topological polar surface area (TPSA) is 102 Å². The van der Waals surface area contributed by atoms with Crippen molar-refractivity contribution in [1.29, 1.82) is 0 Å². The summed E-state index contributed by atoms with van der Waals surface area (Å²) in [6.45, 7) is 2.18. The van der Waals surface area contributed by atoms with Crippen LogP contribution in [0.1, 0.15) is 12.5 Å². The molecule has 0 aromatic heterocycles. The molecule has 0 heterocycles. The molecule has 0 aliphatic carbocycles. The Labute approximate surface area is 181 Å². The lowest BCUT2D eigenvalue weighted by Crippen LogP contribution is -2.30. The Balaban J connectivity index is 1.93. The Kier molecular flexibility index (Phi) is 6.76. The standard InChI is InChI=1S/C22H23N3O5S/c1-3-24(18-10-5-4-6-11-18)31(28,29)19-13-14-20(21(15-19)25(26)27)23-16-17-9-7-8-12-22(17)30-2/h4-15,23H,3,16H2,1-2H3. The molecule has 0 unspecified atom stereocenters. The Morgan fingerprint density at radius 3 is 2.35 bits per heavy atom. The van der Waals surface area contributed by atoms with Crippen molar-refractivity contribution in [3.05, 3.63) is 88.5 Å². The molecular formula is C22H23N3O5S. The fourth-order valence-corrected chi connectivity index (χ4v) is 4.72. The predicted octanol–water partition coefficient (Wildman–Crippen LogP) is 4.43. The average molecular weight is 442 g/mol. The van der Waals surface area contributed by atoms with E-state index in [0.717, 1.165) is 11.6 Å². The molecule has 0 saturated carbocycles. The zero-order chi connectivity index (χ0) is 22.4. The van der Waals surface area contributed by atoms with E-state index in [4.69, 9.17) is 4.74 Å². The Bertz CT molecular complexity index is 1170. The van der Waals surface area contributed by atoms with Crippen LogP contribution >= 0.6 is 0 Å². The first kappa shape index (κ1) is 22.1. The maximum atomic E-state index is 13.2. The van der Waals surface area contributed by atoms with Crippen molar-refractivity contribution in [2.45, 2.75) is 18.4 Å². The monoisotopic (exact) mass is 441 g/mol. The van der Waals surface area contributed by atoms with Gasteiger partial charge in [0.1, 0.15) is 11.4 Å². The number of ether oxygens (including phenoxy) is 1. The van der Waals surface area contributed by atoms with Crippen LogP contribution in [0.25, 0.3) is 0 Å². The minimum Gasteiger partial charge on any atom is -0.496 e. The summed E-state index contributed by atoms with van der Waals surface area (Å²) in [4.78, 5) is 10.9. The van der Waals surface area contributed by atoms with Gasteiger partial charge in [0, 0.05) is 24.7 Å². The summed E-state index contributed by atoms with van der Waals surface area (Å²) in [6.07, 6.45) is 0. The molecule has 3 aromatic rings. The molecule has 8 nitrogen and oxygen atoms in total. The number of benzene rings is 3. The minimum absolute atomic E-state index is 0.146. The van der Waals surface area contributed by atoms with Gasteiger partial charge in [-0.25, -0.2) is 8.42 Å². The number of methoxy groups -OCH3 is 1. The largest absolute Gasteiger partial charge is 0.496 e. The zero-order valence-corrected chi connectivity index (χ0v) is 18.0. The number of nitro benzene ring substituents is 1. The maximum Gasteiger partial charge on any atom is 0.293 e. The molecule has 0 amide bonds. The highest BCUT2D eigenvalue weighted by atomic mass is 32.2. The number of nitrogens with zero attached hydrogens (tertiary/aromatic N) is 2. The Hall–Kier alpha value is -3.59. The van der Waals surface area contributed by atoms with E-state index in [0.29, 0.717) is 11.4 Å². The second kappa shape index (κ2) is 9.48. The van der Waals surface area contributed by atoms with Crippen LogP contribution in [0.5, 0.6) is 5.75 Å². The molecule has 31 heavy (non-hydrogen) atoms. The van der Waals surface area contributed by atoms with Crippen LogP contribution in [-0.2, 0) is 16.6 Å². The van der Waals surface area contributed by atoms with Gasteiger partial charge in [-0.3, -0.25) is 14.4 Å². The molecule has 9 heteroatoms. The third-order valence-corrected chi connectivity index (χ3v) is 6.65. The lowest BCUT2D eigenvalue weighted by atomic mass is 10.2. The van der Waals surface area contributed by atoms with Crippen molar-refractivity contribution in [3.8, 4) is 5.75 Å². The van der Waals surface area contributed by atoms with Crippen molar-refractivity contribution >= 4 is 27.1 Å². The van der Waals surface area contributed by atoms with Crippen molar-refractivity contribution in [2.24, 2.45) is 0 Å². The van der Waals surface area contributed by atoms with Gasteiger partial charge in [0.2, 0.25) is 0 Å². The van der Waals surface area contributed by atoms with Crippen LogP contribution in [-0.4, -0.2) is 27.0 Å². The number of nitrogens with one attached hydrogen (secondary N) is 1. The second-order valence-electron chi connectivity index (χ2n) is 6.61. The number of para-hydroxylation sites is 2. The van der Waals surface area contributed by atoms with Crippen molar-refractivity contribution in [1.82, 2.24) is 0 Å². The summed E-state index contributed by atoms with van der Waals surface area (Å²) in [6, 6.07) is 19.8. The first-order chi connectivity index (χ1) is 14.9. The van der Waals surface area contributed by atoms with E-state index in [-0.39, 0.29) is 29.4 Å². The summed E-state index contributed by atoms with van der Waals surface area (Å²) < 4.78 is 32.9. The van der Waals surface area contributed by atoms with E-state index in [1.165, 1.54) is 16.4 Å². The first-order valence-corrected chi connectivity index (χ1v) is 11.0.